The lowest BCUT2D eigenvalue weighted by Gasteiger charge is -2.19. The second kappa shape index (κ2) is 4.60. The van der Waals surface area contributed by atoms with Crippen molar-refractivity contribution in [3.05, 3.63) is 30.6 Å². The first-order chi connectivity index (χ1) is 8.46. The maximum absolute atomic E-state index is 11.7. The van der Waals surface area contributed by atoms with E-state index in [9.17, 15) is 4.79 Å². The molecule has 94 valence electrons. The monoisotopic (exact) mass is 245 g/mol. The van der Waals surface area contributed by atoms with Gasteiger partial charge in [0.25, 0.3) is 0 Å². The lowest BCUT2D eigenvalue weighted by molar-refractivity contribution is 0.0635. The highest BCUT2D eigenvalue weighted by atomic mass is 16.6. The highest BCUT2D eigenvalue weighted by Crippen LogP contribution is 2.19. The molecule has 0 aliphatic rings. The summed E-state index contributed by atoms with van der Waals surface area (Å²) in [6.07, 6.45) is 2.77. The molecule has 2 rings (SSSR count). The standard InChI is InChI=1S/C13H15N3O2/c1-13(2,3)18-12(17)16-11-9-5-4-7-14-10(9)6-8-15-11/h4-8H,1-3H3,(H,15,16,17). The van der Waals surface area contributed by atoms with Crippen molar-refractivity contribution in [2.24, 2.45) is 0 Å². The molecule has 0 atom stereocenters. The maximum Gasteiger partial charge on any atom is 0.413 e. The Morgan fingerprint density at radius 2 is 2.00 bits per heavy atom. The number of rotatable bonds is 1. The van der Waals surface area contributed by atoms with Gasteiger partial charge in [-0.05, 0) is 39.0 Å². The molecule has 0 fully saturated rings. The summed E-state index contributed by atoms with van der Waals surface area (Å²) in [4.78, 5) is 20.0. The predicted octanol–water partition coefficient (Wildman–Crippen LogP) is 2.98. The number of carbonyl (C=O) groups is 1. The second-order valence-corrected chi connectivity index (χ2v) is 4.86. The quantitative estimate of drug-likeness (QED) is 0.838. The van der Waals surface area contributed by atoms with Crippen LogP contribution in [-0.2, 0) is 4.74 Å². The number of hydrogen-bond acceptors (Lipinski definition) is 4. The van der Waals surface area contributed by atoms with E-state index in [1.165, 1.54) is 0 Å². The highest BCUT2D eigenvalue weighted by molar-refractivity contribution is 5.96. The van der Waals surface area contributed by atoms with E-state index >= 15 is 0 Å². The fourth-order valence-corrected chi connectivity index (χ4v) is 1.50. The minimum atomic E-state index is -0.535. The summed E-state index contributed by atoms with van der Waals surface area (Å²) in [6.45, 7) is 5.43. The molecule has 5 nitrogen and oxygen atoms in total. The molecule has 1 amide bonds. The van der Waals surface area contributed by atoms with Gasteiger partial charge in [-0.3, -0.25) is 10.3 Å². The van der Waals surface area contributed by atoms with Gasteiger partial charge < -0.3 is 4.74 Å². The molecule has 2 heterocycles. The van der Waals surface area contributed by atoms with Crippen molar-refractivity contribution in [1.82, 2.24) is 9.97 Å². The SMILES string of the molecule is CC(C)(C)OC(=O)Nc1nccc2ncccc12. The Kier molecular flexibility index (Phi) is 3.14. The summed E-state index contributed by atoms with van der Waals surface area (Å²) in [5.74, 6) is 0.454. The average Bonchev–Trinajstić information content (AvgIpc) is 2.27. The first-order valence-corrected chi connectivity index (χ1v) is 5.65. The maximum atomic E-state index is 11.7. The summed E-state index contributed by atoms with van der Waals surface area (Å²) >= 11 is 0. The molecule has 0 spiro atoms. The third-order valence-electron chi connectivity index (χ3n) is 2.15. The van der Waals surface area contributed by atoms with Crippen molar-refractivity contribution in [2.45, 2.75) is 26.4 Å². The van der Waals surface area contributed by atoms with E-state index in [4.69, 9.17) is 4.74 Å². The minimum absolute atomic E-state index is 0.454. The van der Waals surface area contributed by atoms with Gasteiger partial charge >= 0.3 is 6.09 Å². The van der Waals surface area contributed by atoms with Crippen LogP contribution in [0.5, 0.6) is 0 Å². The summed E-state index contributed by atoms with van der Waals surface area (Å²) in [5.41, 5.74) is 0.242. The van der Waals surface area contributed by atoms with Crippen LogP contribution in [0, 0.1) is 0 Å². The number of fused-ring (bicyclic) bond motifs is 1. The molecule has 0 aromatic carbocycles. The molecule has 18 heavy (non-hydrogen) atoms. The zero-order valence-corrected chi connectivity index (χ0v) is 10.6. The van der Waals surface area contributed by atoms with Crippen LogP contribution in [0.2, 0.25) is 0 Å². The lowest BCUT2D eigenvalue weighted by atomic mass is 10.2. The third-order valence-corrected chi connectivity index (χ3v) is 2.15. The van der Waals surface area contributed by atoms with Crippen LogP contribution >= 0.6 is 0 Å². The molecule has 0 saturated carbocycles. The van der Waals surface area contributed by atoms with E-state index in [0.717, 1.165) is 10.9 Å². The van der Waals surface area contributed by atoms with Gasteiger partial charge in [0.05, 0.1) is 5.52 Å². The Hall–Kier alpha value is -2.17. The Balaban J connectivity index is 2.24. The molecule has 0 aliphatic heterocycles. The smallest absolute Gasteiger partial charge is 0.413 e. The summed E-state index contributed by atoms with van der Waals surface area (Å²) in [7, 11) is 0. The number of carbonyl (C=O) groups excluding carboxylic acids is 1. The predicted molar refractivity (Wildman–Crippen MR) is 69.4 cm³/mol. The largest absolute Gasteiger partial charge is 0.444 e. The Bertz CT molecular complexity index is 570. The summed E-state index contributed by atoms with van der Waals surface area (Å²) in [6, 6.07) is 5.43. The molecule has 0 bridgehead atoms. The van der Waals surface area contributed by atoms with Gasteiger partial charge in [-0.15, -0.1) is 0 Å². The molecule has 0 saturated heterocycles. The van der Waals surface area contributed by atoms with Crippen LogP contribution in [-0.4, -0.2) is 21.7 Å². The van der Waals surface area contributed by atoms with E-state index < -0.39 is 11.7 Å². The van der Waals surface area contributed by atoms with Crippen molar-refractivity contribution in [3.8, 4) is 0 Å². The lowest BCUT2D eigenvalue weighted by Crippen LogP contribution is -2.27. The van der Waals surface area contributed by atoms with Gasteiger partial charge in [0.1, 0.15) is 11.4 Å². The first-order valence-electron chi connectivity index (χ1n) is 5.65. The van der Waals surface area contributed by atoms with Gasteiger partial charge in [-0.1, -0.05) is 0 Å². The van der Waals surface area contributed by atoms with Crippen LogP contribution < -0.4 is 5.32 Å². The molecule has 0 radical (unpaired) electrons. The second-order valence-electron chi connectivity index (χ2n) is 4.86. The van der Waals surface area contributed by atoms with E-state index in [-0.39, 0.29) is 0 Å². The number of nitrogens with one attached hydrogen (secondary N) is 1. The summed E-state index contributed by atoms with van der Waals surface area (Å²) in [5, 5.41) is 3.41. The van der Waals surface area contributed by atoms with Crippen LogP contribution in [0.1, 0.15) is 20.8 Å². The van der Waals surface area contributed by atoms with Crippen molar-refractivity contribution >= 4 is 22.8 Å². The molecule has 2 aromatic rings. The van der Waals surface area contributed by atoms with Crippen LogP contribution in [0.4, 0.5) is 10.6 Å². The van der Waals surface area contributed by atoms with Crippen molar-refractivity contribution < 1.29 is 9.53 Å². The normalized spacial score (nSPS) is 11.3. The fraction of sp³-hybridized carbons (Fsp3) is 0.308. The molecule has 0 unspecified atom stereocenters. The number of pyridine rings is 2. The van der Waals surface area contributed by atoms with E-state index in [1.807, 2.05) is 26.8 Å². The van der Waals surface area contributed by atoms with Crippen LogP contribution in [0.15, 0.2) is 30.6 Å². The number of anilines is 1. The Morgan fingerprint density at radius 3 is 2.72 bits per heavy atom. The molecule has 5 heteroatoms. The number of hydrogen-bond donors (Lipinski definition) is 1. The molecular formula is C13H15N3O2. The molecule has 1 N–H and O–H groups in total. The van der Waals surface area contributed by atoms with Crippen molar-refractivity contribution in [2.75, 3.05) is 5.32 Å². The zero-order chi connectivity index (χ0) is 13.2. The van der Waals surface area contributed by atoms with Gasteiger partial charge in [0.15, 0.2) is 0 Å². The van der Waals surface area contributed by atoms with Gasteiger partial charge in [0.2, 0.25) is 0 Å². The fourth-order valence-electron chi connectivity index (χ4n) is 1.50. The third kappa shape index (κ3) is 2.94. The van der Waals surface area contributed by atoms with E-state index in [2.05, 4.69) is 15.3 Å². The van der Waals surface area contributed by atoms with E-state index in [1.54, 1.807) is 24.5 Å². The van der Waals surface area contributed by atoms with Crippen molar-refractivity contribution in [1.29, 1.82) is 0 Å². The van der Waals surface area contributed by atoms with Gasteiger partial charge in [0, 0.05) is 17.8 Å². The molecular weight excluding hydrogens is 230 g/mol. The number of nitrogens with zero attached hydrogens (tertiary/aromatic N) is 2. The van der Waals surface area contributed by atoms with Gasteiger partial charge in [-0.2, -0.15) is 0 Å². The topological polar surface area (TPSA) is 64.1 Å². The first kappa shape index (κ1) is 12.3. The highest BCUT2D eigenvalue weighted by Gasteiger charge is 2.17. The number of aromatic nitrogens is 2. The molecule has 0 aliphatic carbocycles. The number of amides is 1. The molecule has 2 aromatic heterocycles. The minimum Gasteiger partial charge on any atom is -0.444 e. The van der Waals surface area contributed by atoms with Gasteiger partial charge in [-0.25, -0.2) is 9.78 Å². The van der Waals surface area contributed by atoms with Crippen LogP contribution in [0.3, 0.4) is 0 Å². The Labute approximate surface area is 105 Å². The van der Waals surface area contributed by atoms with Crippen LogP contribution in [0.25, 0.3) is 10.9 Å². The zero-order valence-electron chi connectivity index (χ0n) is 10.6. The summed E-state index contributed by atoms with van der Waals surface area (Å²) < 4.78 is 5.18. The number of ether oxygens (including phenoxy) is 1. The van der Waals surface area contributed by atoms with Crippen molar-refractivity contribution in [3.63, 3.8) is 0 Å². The average molecular weight is 245 g/mol. The van der Waals surface area contributed by atoms with E-state index in [0.29, 0.717) is 5.82 Å². The Morgan fingerprint density at radius 1 is 1.22 bits per heavy atom.